The van der Waals surface area contributed by atoms with E-state index in [9.17, 15) is 4.79 Å². The molecule has 2 N–H and O–H groups in total. The molecule has 0 fully saturated rings. The SMILES string of the molecule is Cc1ncc(Cl)c(C(=O)NCCCC(C)(C)CO)n1. The first-order valence-electron chi connectivity index (χ1n) is 6.24. The number of hydrogen-bond donors (Lipinski definition) is 2. The van der Waals surface area contributed by atoms with Crippen LogP contribution in [-0.2, 0) is 0 Å². The summed E-state index contributed by atoms with van der Waals surface area (Å²) in [5.74, 6) is 0.216. The Balaban J connectivity index is 2.46. The molecular weight excluding hydrogens is 266 g/mol. The van der Waals surface area contributed by atoms with E-state index in [1.54, 1.807) is 6.92 Å². The third-order valence-electron chi connectivity index (χ3n) is 2.82. The third-order valence-corrected chi connectivity index (χ3v) is 3.10. The zero-order valence-corrected chi connectivity index (χ0v) is 12.3. The number of halogens is 1. The maximum atomic E-state index is 11.9. The number of rotatable bonds is 6. The van der Waals surface area contributed by atoms with Gasteiger partial charge in [-0.25, -0.2) is 9.97 Å². The molecule has 0 aliphatic heterocycles. The second-order valence-electron chi connectivity index (χ2n) is 5.30. The summed E-state index contributed by atoms with van der Waals surface area (Å²) in [5.41, 5.74) is 0.0871. The van der Waals surface area contributed by atoms with Gasteiger partial charge in [-0.3, -0.25) is 4.79 Å². The van der Waals surface area contributed by atoms with Gasteiger partial charge >= 0.3 is 0 Å². The molecule has 0 unspecified atom stereocenters. The number of aryl methyl sites for hydroxylation is 1. The fourth-order valence-electron chi connectivity index (χ4n) is 1.55. The van der Waals surface area contributed by atoms with Crippen molar-refractivity contribution in [2.75, 3.05) is 13.2 Å². The molecule has 0 atom stereocenters. The Hall–Kier alpha value is -1.20. The Morgan fingerprint density at radius 3 is 2.84 bits per heavy atom. The highest BCUT2D eigenvalue weighted by atomic mass is 35.5. The summed E-state index contributed by atoms with van der Waals surface area (Å²) >= 11 is 5.88. The third kappa shape index (κ3) is 5.12. The van der Waals surface area contributed by atoms with Gasteiger partial charge in [0.1, 0.15) is 11.5 Å². The van der Waals surface area contributed by atoms with E-state index in [0.717, 1.165) is 12.8 Å². The number of aromatic nitrogens is 2. The van der Waals surface area contributed by atoms with Crippen molar-refractivity contribution in [2.24, 2.45) is 5.41 Å². The standard InChI is InChI=1S/C13H20ClN3O2/c1-9-16-7-10(14)11(17-9)12(19)15-6-4-5-13(2,3)8-18/h7,18H,4-6,8H2,1-3H3,(H,15,19). The van der Waals surface area contributed by atoms with Gasteiger partial charge in [0, 0.05) is 13.2 Å². The van der Waals surface area contributed by atoms with Crippen molar-refractivity contribution < 1.29 is 9.90 Å². The van der Waals surface area contributed by atoms with Gasteiger partial charge in [-0.2, -0.15) is 0 Å². The van der Waals surface area contributed by atoms with Gasteiger partial charge in [-0.1, -0.05) is 25.4 Å². The number of aliphatic hydroxyl groups excluding tert-OH is 1. The minimum Gasteiger partial charge on any atom is -0.396 e. The van der Waals surface area contributed by atoms with Crippen LogP contribution < -0.4 is 5.32 Å². The lowest BCUT2D eigenvalue weighted by Crippen LogP contribution is -2.27. The van der Waals surface area contributed by atoms with Crippen LogP contribution in [0.25, 0.3) is 0 Å². The van der Waals surface area contributed by atoms with Crippen LogP contribution in [0, 0.1) is 12.3 Å². The smallest absolute Gasteiger partial charge is 0.271 e. The number of aliphatic hydroxyl groups is 1. The highest BCUT2D eigenvalue weighted by molar-refractivity contribution is 6.33. The van der Waals surface area contributed by atoms with Crippen LogP contribution in [-0.4, -0.2) is 34.1 Å². The molecular formula is C13H20ClN3O2. The predicted octanol–water partition coefficient (Wildman–Crippen LogP) is 1.97. The quantitative estimate of drug-likeness (QED) is 0.784. The van der Waals surface area contributed by atoms with Gasteiger partial charge in [0.25, 0.3) is 5.91 Å². The lowest BCUT2D eigenvalue weighted by Gasteiger charge is -2.21. The van der Waals surface area contributed by atoms with Gasteiger partial charge in [0.05, 0.1) is 11.2 Å². The van der Waals surface area contributed by atoms with E-state index < -0.39 is 0 Å². The molecule has 0 spiro atoms. The zero-order valence-electron chi connectivity index (χ0n) is 11.5. The summed E-state index contributed by atoms with van der Waals surface area (Å²) in [4.78, 5) is 19.8. The molecule has 0 aliphatic rings. The topological polar surface area (TPSA) is 75.1 Å². The molecule has 5 nitrogen and oxygen atoms in total. The number of carbonyl (C=O) groups is 1. The molecule has 1 aromatic rings. The van der Waals surface area contributed by atoms with Crippen molar-refractivity contribution in [2.45, 2.75) is 33.6 Å². The van der Waals surface area contributed by atoms with Crippen LogP contribution in [0.4, 0.5) is 0 Å². The molecule has 0 aromatic carbocycles. The molecule has 106 valence electrons. The van der Waals surface area contributed by atoms with Crippen molar-refractivity contribution in [1.29, 1.82) is 0 Å². The average Bonchev–Trinajstić information content (AvgIpc) is 2.37. The summed E-state index contributed by atoms with van der Waals surface area (Å²) < 4.78 is 0. The normalized spacial score (nSPS) is 11.4. The second-order valence-corrected chi connectivity index (χ2v) is 5.70. The molecule has 1 amide bonds. The van der Waals surface area contributed by atoms with E-state index >= 15 is 0 Å². The van der Waals surface area contributed by atoms with E-state index in [-0.39, 0.29) is 28.6 Å². The van der Waals surface area contributed by atoms with Crippen LogP contribution in [0.3, 0.4) is 0 Å². The highest BCUT2D eigenvalue weighted by Crippen LogP contribution is 2.20. The molecule has 1 rings (SSSR count). The van der Waals surface area contributed by atoms with Gasteiger partial charge in [0.2, 0.25) is 0 Å². The first-order chi connectivity index (χ1) is 8.85. The fraction of sp³-hybridized carbons (Fsp3) is 0.615. The van der Waals surface area contributed by atoms with Crippen molar-refractivity contribution in [3.05, 3.63) is 22.7 Å². The van der Waals surface area contributed by atoms with Gasteiger partial charge in [-0.05, 0) is 25.2 Å². The molecule has 0 radical (unpaired) electrons. The molecule has 1 heterocycles. The lowest BCUT2D eigenvalue weighted by atomic mass is 9.89. The lowest BCUT2D eigenvalue weighted by molar-refractivity contribution is 0.0943. The van der Waals surface area contributed by atoms with E-state index in [4.69, 9.17) is 16.7 Å². The van der Waals surface area contributed by atoms with Gasteiger partial charge < -0.3 is 10.4 Å². The van der Waals surface area contributed by atoms with Crippen molar-refractivity contribution in [1.82, 2.24) is 15.3 Å². The van der Waals surface area contributed by atoms with Crippen LogP contribution in [0.2, 0.25) is 5.02 Å². The monoisotopic (exact) mass is 285 g/mol. The van der Waals surface area contributed by atoms with Crippen LogP contribution in [0.1, 0.15) is 43.0 Å². The summed E-state index contributed by atoms with van der Waals surface area (Å²) in [6.45, 7) is 6.34. The Morgan fingerprint density at radius 2 is 2.21 bits per heavy atom. The number of nitrogens with one attached hydrogen (secondary N) is 1. The van der Waals surface area contributed by atoms with E-state index in [2.05, 4.69) is 15.3 Å². The maximum absolute atomic E-state index is 11.9. The van der Waals surface area contributed by atoms with Crippen LogP contribution >= 0.6 is 11.6 Å². The zero-order chi connectivity index (χ0) is 14.5. The summed E-state index contributed by atoms with van der Waals surface area (Å²) in [6.07, 6.45) is 3.05. The van der Waals surface area contributed by atoms with E-state index in [0.29, 0.717) is 12.4 Å². The largest absolute Gasteiger partial charge is 0.396 e. The molecule has 0 aliphatic carbocycles. The van der Waals surface area contributed by atoms with Gasteiger partial charge in [0.15, 0.2) is 0 Å². The summed E-state index contributed by atoms with van der Waals surface area (Å²) in [6, 6.07) is 0. The molecule has 0 saturated carbocycles. The summed E-state index contributed by atoms with van der Waals surface area (Å²) in [7, 11) is 0. The molecule has 0 saturated heterocycles. The first-order valence-corrected chi connectivity index (χ1v) is 6.62. The van der Waals surface area contributed by atoms with E-state index in [1.165, 1.54) is 6.20 Å². The first kappa shape index (κ1) is 15.9. The van der Waals surface area contributed by atoms with E-state index in [1.807, 2.05) is 13.8 Å². The number of hydrogen-bond acceptors (Lipinski definition) is 4. The minimum atomic E-state index is -0.294. The summed E-state index contributed by atoms with van der Waals surface area (Å²) in [5, 5.41) is 12.1. The molecule has 0 bridgehead atoms. The van der Waals surface area contributed by atoms with Gasteiger partial charge in [-0.15, -0.1) is 0 Å². The Kier molecular flexibility index (Phi) is 5.69. The van der Waals surface area contributed by atoms with Crippen LogP contribution in [0.15, 0.2) is 6.20 Å². The molecule has 1 aromatic heterocycles. The predicted molar refractivity (Wildman–Crippen MR) is 74.2 cm³/mol. The molecule has 19 heavy (non-hydrogen) atoms. The Labute approximate surface area is 118 Å². The molecule has 6 heteroatoms. The minimum absolute atomic E-state index is 0.117. The maximum Gasteiger partial charge on any atom is 0.271 e. The number of nitrogens with zero attached hydrogens (tertiary/aromatic N) is 2. The van der Waals surface area contributed by atoms with Crippen molar-refractivity contribution >= 4 is 17.5 Å². The Morgan fingerprint density at radius 1 is 1.53 bits per heavy atom. The van der Waals surface area contributed by atoms with Crippen molar-refractivity contribution in [3.8, 4) is 0 Å². The fourth-order valence-corrected chi connectivity index (χ4v) is 1.72. The van der Waals surface area contributed by atoms with Crippen LogP contribution in [0.5, 0.6) is 0 Å². The highest BCUT2D eigenvalue weighted by Gasteiger charge is 2.16. The Bertz CT molecular complexity index is 450. The second kappa shape index (κ2) is 6.82. The average molecular weight is 286 g/mol. The number of amides is 1. The number of carbonyl (C=O) groups excluding carboxylic acids is 1. The van der Waals surface area contributed by atoms with Crippen molar-refractivity contribution in [3.63, 3.8) is 0 Å².